The van der Waals surface area contributed by atoms with E-state index in [1.54, 1.807) is 0 Å². The third-order valence-electron chi connectivity index (χ3n) is 5.19. The van der Waals surface area contributed by atoms with E-state index in [4.69, 9.17) is 4.42 Å². The van der Waals surface area contributed by atoms with Crippen LogP contribution in [0.15, 0.2) is 4.42 Å². The number of hydrogen-bond acceptors (Lipinski definition) is 4. The Balaban J connectivity index is 1.71. The van der Waals surface area contributed by atoms with Crippen LogP contribution in [0.5, 0.6) is 0 Å². The molecule has 0 aliphatic carbocycles. The van der Waals surface area contributed by atoms with Crippen molar-refractivity contribution in [2.24, 2.45) is 0 Å². The second-order valence-corrected chi connectivity index (χ2v) is 6.58. The number of oxazole rings is 1. The van der Waals surface area contributed by atoms with Crippen molar-refractivity contribution in [3.63, 3.8) is 0 Å². The molecule has 2 aliphatic rings. The second kappa shape index (κ2) is 6.41. The van der Waals surface area contributed by atoms with Gasteiger partial charge in [0, 0.05) is 25.0 Å². The smallest absolute Gasteiger partial charge is 0.222 e. The highest BCUT2D eigenvalue weighted by Crippen LogP contribution is 2.31. The SMILES string of the molecule is CCC(=O)N1CCC[C@@H]1[C@@H]1CCCN1Cc1nc(C)c(C)o1. The van der Waals surface area contributed by atoms with E-state index >= 15 is 0 Å². The molecule has 2 atom stereocenters. The van der Waals surface area contributed by atoms with Gasteiger partial charge in [-0.3, -0.25) is 9.69 Å². The molecule has 1 aromatic rings. The molecule has 22 heavy (non-hydrogen) atoms. The maximum absolute atomic E-state index is 12.2. The van der Waals surface area contributed by atoms with Crippen LogP contribution in [0.3, 0.4) is 0 Å². The Hall–Kier alpha value is -1.36. The molecule has 0 bridgehead atoms. The van der Waals surface area contributed by atoms with Crippen LogP contribution in [0.2, 0.25) is 0 Å². The Morgan fingerprint density at radius 3 is 2.64 bits per heavy atom. The van der Waals surface area contributed by atoms with Gasteiger partial charge in [-0.1, -0.05) is 6.92 Å². The lowest BCUT2D eigenvalue weighted by atomic mass is 10.0. The highest BCUT2D eigenvalue weighted by atomic mass is 16.4. The molecule has 0 saturated carbocycles. The molecule has 1 aromatic heterocycles. The zero-order valence-corrected chi connectivity index (χ0v) is 14.0. The van der Waals surface area contributed by atoms with E-state index in [0.717, 1.165) is 49.8 Å². The van der Waals surface area contributed by atoms with Crippen LogP contribution in [-0.2, 0) is 11.3 Å². The third kappa shape index (κ3) is 2.91. The van der Waals surface area contributed by atoms with Gasteiger partial charge in [0.05, 0.1) is 12.2 Å². The van der Waals surface area contributed by atoms with E-state index in [1.165, 1.54) is 12.8 Å². The van der Waals surface area contributed by atoms with E-state index < -0.39 is 0 Å². The van der Waals surface area contributed by atoms with Gasteiger partial charge in [-0.05, 0) is 46.1 Å². The number of hydrogen-bond donors (Lipinski definition) is 0. The minimum Gasteiger partial charge on any atom is -0.444 e. The Bertz CT molecular complexity index is 521. The standard InChI is InChI=1S/C17H27N3O2/c1-4-17(21)20-10-6-8-15(20)14-7-5-9-19(14)11-16-18-12(2)13(3)22-16/h14-15H,4-11H2,1-3H3/t14-,15+/m0/s1. The number of carbonyl (C=O) groups is 1. The van der Waals surface area contributed by atoms with Gasteiger partial charge in [0.2, 0.25) is 11.8 Å². The first-order chi connectivity index (χ1) is 10.6. The first-order valence-corrected chi connectivity index (χ1v) is 8.56. The summed E-state index contributed by atoms with van der Waals surface area (Å²) in [6.07, 6.45) is 5.26. The van der Waals surface area contributed by atoms with Gasteiger partial charge in [0.25, 0.3) is 0 Å². The maximum atomic E-state index is 12.2. The van der Waals surface area contributed by atoms with Crippen LogP contribution in [0.4, 0.5) is 0 Å². The molecule has 5 heteroatoms. The number of rotatable bonds is 4. The Morgan fingerprint density at radius 1 is 1.23 bits per heavy atom. The number of amides is 1. The van der Waals surface area contributed by atoms with Crippen molar-refractivity contribution >= 4 is 5.91 Å². The average molecular weight is 305 g/mol. The van der Waals surface area contributed by atoms with E-state index in [1.807, 2.05) is 20.8 Å². The van der Waals surface area contributed by atoms with Crippen molar-refractivity contribution in [3.8, 4) is 0 Å². The van der Waals surface area contributed by atoms with Gasteiger partial charge in [0.15, 0.2) is 0 Å². The quantitative estimate of drug-likeness (QED) is 0.858. The predicted molar refractivity (Wildman–Crippen MR) is 84.4 cm³/mol. The largest absolute Gasteiger partial charge is 0.444 e. The second-order valence-electron chi connectivity index (χ2n) is 6.58. The monoisotopic (exact) mass is 305 g/mol. The molecule has 0 spiro atoms. The molecule has 1 amide bonds. The van der Waals surface area contributed by atoms with Crippen LogP contribution in [0.1, 0.15) is 56.4 Å². The van der Waals surface area contributed by atoms with Crippen molar-refractivity contribution in [1.29, 1.82) is 0 Å². The summed E-state index contributed by atoms with van der Waals surface area (Å²) >= 11 is 0. The van der Waals surface area contributed by atoms with Gasteiger partial charge >= 0.3 is 0 Å². The molecule has 0 N–H and O–H groups in total. The molecule has 0 aromatic carbocycles. The van der Waals surface area contributed by atoms with E-state index in [9.17, 15) is 4.79 Å². The lowest BCUT2D eigenvalue weighted by Crippen LogP contribution is -2.47. The lowest BCUT2D eigenvalue weighted by molar-refractivity contribution is -0.132. The molecule has 0 unspecified atom stereocenters. The number of carbonyl (C=O) groups excluding carboxylic acids is 1. The highest BCUT2D eigenvalue weighted by molar-refractivity contribution is 5.76. The van der Waals surface area contributed by atoms with Crippen molar-refractivity contribution in [1.82, 2.24) is 14.8 Å². The van der Waals surface area contributed by atoms with E-state index in [0.29, 0.717) is 24.4 Å². The molecule has 5 nitrogen and oxygen atoms in total. The lowest BCUT2D eigenvalue weighted by Gasteiger charge is -2.34. The van der Waals surface area contributed by atoms with E-state index in [2.05, 4.69) is 14.8 Å². The minimum atomic E-state index is 0.303. The van der Waals surface area contributed by atoms with Gasteiger partial charge in [-0.2, -0.15) is 0 Å². The van der Waals surface area contributed by atoms with Crippen molar-refractivity contribution in [2.75, 3.05) is 13.1 Å². The van der Waals surface area contributed by atoms with Crippen molar-refractivity contribution < 1.29 is 9.21 Å². The van der Waals surface area contributed by atoms with E-state index in [-0.39, 0.29) is 0 Å². The first kappa shape index (κ1) is 15.5. The maximum Gasteiger partial charge on any atom is 0.222 e. The summed E-state index contributed by atoms with van der Waals surface area (Å²) in [5.74, 6) is 2.03. The van der Waals surface area contributed by atoms with Gasteiger partial charge in [-0.15, -0.1) is 0 Å². The molecule has 0 radical (unpaired) electrons. The molecule has 122 valence electrons. The number of aromatic nitrogens is 1. The average Bonchev–Trinajstić information content (AvgIpc) is 3.19. The summed E-state index contributed by atoms with van der Waals surface area (Å²) in [7, 11) is 0. The minimum absolute atomic E-state index is 0.303. The number of nitrogens with zero attached hydrogens (tertiary/aromatic N) is 3. The molecule has 3 rings (SSSR count). The van der Waals surface area contributed by atoms with Crippen LogP contribution >= 0.6 is 0 Å². The summed E-state index contributed by atoms with van der Waals surface area (Å²) in [4.78, 5) is 21.3. The summed E-state index contributed by atoms with van der Waals surface area (Å²) < 4.78 is 5.75. The molecule has 2 saturated heterocycles. The fourth-order valence-corrected chi connectivity index (χ4v) is 3.97. The Labute approximate surface area is 132 Å². The molecular weight excluding hydrogens is 278 g/mol. The summed E-state index contributed by atoms with van der Waals surface area (Å²) in [6.45, 7) is 8.69. The fraction of sp³-hybridized carbons (Fsp3) is 0.765. The first-order valence-electron chi connectivity index (χ1n) is 8.56. The molecule has 3 heterocycles. The highest BCUT2D eigenvalue weighted by Gasteiger charge is 2.39. The van der Waals surface area contributed by atoms with Gasteiger partial charge in [0.1, 0.15) is 5.76 Å². The summed E-state index contributed by atoms with van der Waals surface area (Å²) in [5, 5.41) is 0. The normalized spacial score (nSPS) is 26.0. The zero-order chi connectivity index (χ0) is 15.7. The Kier molecular flexibility index (Phi) is 4.52. The van der Waals surface area contributed by atoms with Crippen LogP contribution in [0, 0.1) is 13.8 Å². The van der Waals surface area contributed by atoms with Crippen molar-refractivity contribution in [3.05, 3.63) is 17.3 Å². The van der Waals surface area contributed by atoms with Crippen LogP contribution < -0.4 is 0 Å². The number of aryl methyl sites for hydroxylation is 2. The third-order valence-corrected chi connectivity index (χ3v) is 5.19. The van der Waals surface area contributed by atoms with Crippen LogP contribution in [-0.4, -0.2) is 45.9 Å². The molecule has 2 aliphatic heterocycles. The summed E-state index contributed by atoms with van der Waals surface area (Å²) in [5.41, 5.74) is 0.981. The zero-order valence-electron chi connectivity index (χ0n) is 14.0. The topological polar surface area (TPSA) is 49.6 Å². The van der Waals surface area contributed by atoms with Gasteiger partial charge in [-0.25, -0.2) is 4.98 Å². The number of likely N-dealkylation sites (tertiary alicyclic amines) is 2. The molecule has 2 fully saturated rings. The molecular formula is C17H27N3O2. The van der Waals surface area contributed by atoms with Gasteiger partial charge < -0.3 is 9.32 Å². The van der Waals surface area contributed by atoms with Crippen LogP contribution in [0.25, 0.3) is 0 Å². The van der Waals surface area contributed by atoms with Crippen molar-refractivity contribution in [2.45, 2.75) is 71.5 Å². The fourth-order valence-electron chi connectivity index (χ4n) is 3.97. The summed E-state index contributed by atoms with van der Waals surface area (Å²) in [6, 6.07) is 0.845. The predicted octanol–water partition coefficient (Wildman–Crippen LogP) is 2.66. The Morgan fingerprint density at radius 2 is 1.95 bits per heavy atom.